The lowest BCUT2D eigenvalue weighted by atomic mass is 10.0. The molecule has 0 aromatic heterocycles. The van der Waals surface area contributed by atoms with Crippen molar-refractivity contribution >= 4 is 0 Å². The Kier molecular flexibility index (Phi) is 12.8. The minimum absolute atomic E-state index is 0.354. The van der Waals surface area contributed by atoms with Gasteiger partial charge in [0, 0.05) is 6.04 Å². The summed E-state index contributed by atoms with van der Waals surface area (Å²) in [6.45, 7) is 2.67. The van der Waals surface area contributed by atoms with Crippen molar-refractivity contribution in [3.63, 3.8) is 0 Å². The van der Waals surface area contributed by atoms with E-state index in [1.165, 1.54) is 25.7 Å². The largest absolute Gasteiger partial charge is 0.328 e. The van der Waals surface area contributed by atoms with Crippen LogP contribution in [0.1, 0.15) is 64.7 Å². The highest BCUT2D eigenvalue weighted by Crippen LogP contribution is 2.09. The van der Waals surface area contributed by atoms with Crippen molar-refractivity contribution in [2.75, 3.05) is 6.61 Å². The summed E-state index contributed by atoms with van der Waals surface area (Å²) in [5.74, 6) is 0. The van der Waals surface area contributed by atoms with Crippen LogP contribution >= 0.6 is 0 Å². The standard InChI is InChI=1S/C12H27NO3/c1-2-3-4-6-9-12(13)10-7-5-8-11-15-16-14/h12,14H,2-11,13H2,1H3. The van der Waals surface area contributed by atoms with Crippen LogP contribution in [0.2, 0.25) is 0 Å². The van der Waals surface area contributed by atoms with E-state index in [9.17, 15) is 0 Å². The van der Waals surface area contributed by atoms with E-state index in [0.29, 0.717) is 12.6 Å². The van der Waals surface area contributed by atoms with Crippen molar-refractivity contribution in [3.8, 4) is 0 Å². The van der Waals surface area contributed by atoms with Gasteiger partial charge in [0.2, 0.25) is 0 Å². The molecular weight excluding hydrogens is 206 g/mol. The maximum absolute atomic E-state index is 7.91. The molecular formula is C12H27NO3. The van der Waals surface area contributed by atoms with Crippen LogP contribution in [-0.4, -0.2) is 17.9 Å². The SMILES string of the molecule is CCCCCCC(N)CCCCCOOO. The fourth-order valence-corrected chi connectivity index (χ4v) is 1.76. The maximum Gasteiger partial charge on any atom is 0.0853 e. The van der Waals surface area contributed by atoms with Crippen LogP contribution < -0.4 is 5.73 Å². The Morgan fingerprint density at radius 1 is 1.00 bits per heavy atom. The number of unbranched alkanes of at least 4 members (excludes halogenated alkanes) is 5. The van der Waals surface area contributed by atoms with Crippen LogP contribution in [0.5, 0.6) is 0 Å². The predicted octanol–water partition coefficient (Wildman–Crippen LogP) is 3.27. The number of nitrogens with two attached hydrogens (primary N) is 1. The number of rotatable bonds is 12. The minimum Gasteiger partial charge on any atom is -0.328 e. The van der Waals surface area contributed by atoms with Crippen LogP contribution in [0.15, 0.2) is 0 Å². The molecule has 98 valence electrons. The van der Waals surface area contributed by atoms with Gasteiger partial charge in [-0.15, -0.1) is 0 Å². The summed E-state index contributed by atoms with van der Waals surface area (Å²) in [6, 6.07) is 0.354. The molecule has 1 atom stereocenters. The van der Waals surface area contributed by atoms with Gasteiger partial charge in [-0.2, -0.15) is 0 Å². The van der Waals surface area contributed by atoms with E-state index >= 15 is 0 Å². The summed E-state index contributed by atoms with van der Waals surface area (Å²) in [6.07, 6.45) is 10.5. The summed E-state index contributed by atoms with van der Waals surface area (Å²) >= 11 is 0. The highest BCUT2D eigenvalue weighted by molar-refractivity contribution is 4.61. The van der Waals surface area contributed by atoms with Crippen LogP contribution in [0.3, 0.4) is 0 Å². The summed E-state index contributed by atoms with van der Waals surface area (Å²) in [5.41, 5.74) is 6.00. The van der Waals surface area contributed by atoms with Gasteiger partial charge in [0.15, 0.2) is 0 Å². The molecule has 0 amide bonds. The van der Waals surface area contributed by atoms with Gasteiger partial charge in [-0.3, -0.25) is 0 Å². The second-order valence-corrected chi connectivity index (χ2v) is 4.36. The zero-order chi connectivity index (χ0) is 12.1. The molecule has 0 aliphatic rings. The Morgan fingerprint density at radius 2 is 1.62 bits per heavy atom. The smallest absolute Gasteiger partial charge is 0.0853 e. The van der Waals surface area contributed by atoms with E-state index in [-0.39, 0.29) is 0 Å². The molecule has 4 nitrogen and oxygen atoms in total. The quantitative estimate of drug-likeness (QED) is 0.308. The fourth-order valence-electron chi connectivity index (χ4n) is 1.76. The summed E-state index contributed by atoms with van der Waals surface area (Å²) in [4.78, 5) is 4.36. The lowest BCUT2D eigenvalue weighted by Gasteiger charge is -2.10. The zero-order valence-corrected chi connectivity index (χ0v) is 10.5. The molecule has 4 heteroatoms. The van der Waals surface area contributed by atoms with Gasteiger partial charge in [0.1, 0.15) is 0 Å². The van der Waals surface area contributed by atoms with Gasteiger partial charge < -0.3 is 5.73 Å². The van der Waals surface area contributed by atoms with Gasteiger partial charge in [0.25, 0.3) is 0 Å². The minimum atomic E-state index is 0.354. The monoisotopic (exact) mass is 233 g/mol. The van der Waals surface area contributed by atoms with E-state index in [0.717, 1.165) is 32.1 Å². The first-order valence-electron chi connectivity index (χ1n) is 6.49. The van der Waals surface area contributed by atoms with Crippen LogP contribution in [0, 0.1) is 0 Å². The molecule has 16 heavy (non-hydrogen) atoms. The molecule has 0 rings (SSSR count). The van der Waals surface area contributed by atoms with Gasteiger partial charge in [-0.25, -0.2) is 10.1 Å². The molecule has 0 spiro atoms. The first-order valence-corrected chi connectivity index (χ1v) is 6.49. The average molecular weight is 233 g/mol. The first kappa shape index (κ1) is 15.8. The Labute approximate surface area is 99.0 Å². The molecule has 0 bridgehead atoms. The summed E-state index contributed by atoms with van der Waals surface area (Å²) < 4.78 is 0. The van der Waals surface area contributed by atoms with Crippen molar-refractivity contribution in [1.29, 1.82) is 0 Å². The molecule has 3 N–H and O–H groups in total. The second-order valence-electron chi connectivity index (χ2n) is 4.36. The summed E-state index contributed by atoms with van der Waals surface area (Å²) in [5, 5.41) is 11.4. The highest BCUT2D eigenvalue weighted by atomic mass is 17.5. The van der Waals surface area contributed by atoms with Crippen molar-refractivity contribution in [2.24, 2.45) is 5.73 Å². The van der Waals surface area contributed by atoms with Gasteiger partial charge in [-0.1, -0.05) is 50.5 Å². The topological polar surface area (TPSA) is 64.7 Å². The Hall–Kier alpha value is -0.160. The molecule has 0 saturated heterocycles. The Balaban J connectivity index is 3.08. The average Bonchev–Trinajstić information content (AvgIpc) is 2.29. The number of hydrogen-bond acceptors (Lipinski definition) is 4. The van der Waals surface area contributed by atoms with E-state index in [1.54, 1.807) is 0 Å². The zero-order valence-electron chi connectivity index (χ0n) is 10.5. The van der Waals surface area contributed by atoms with E-state index in [2.05, 4.69) is 16.8 Å². The third kappa shape index (κ3) is 11.9. The molecule has 0 radical (unpaired) electrons. The van der Waals surface area contributed by atoms with E-state index < -0.39 is 0 Å². The van der Waals surface area contributed by atoms with Crippen LogP contribution in [0.25, 0.3) is 0 Å². The Bertz CT molecular complexity index is 133. The molecule has 0 aromatic rings. The van der Waals surface area contributed by atoms with Gasteiger partial charge in [0.05, 0.1) is 6.61 Å². The third-order valence-corrected chi connectivity index (χ3v) is 2.78. The van der Waals surface area contributed by atoms with Crippen molar-refractivity contribution in [1.82, 2.24) is 0 Å². The third-order valence-electron chi connectivity index (χ3n) is 2.78. The molecule has 0 fully saturated rings. The van der Waals surface area contributed by atoms with Crippen molar-refractivity contribution in [3.05, 3.63) is 0 Å². The molecule has 0 heterocycles. The van der Waals surface area contributed by atoms with Crippen molar-refractivity contribution < 1.29 is 15.2 Å². The summed E-state index contributed by atoms with van der Waals surface area (Å²) in [7, 11) is 0. The fraction of sp³-hybridized carbons (Fsp3) is 1.00. The first-order chi connectivity index (χ1) is 7.81. The van der Waals surface area contributed by atoms with Gasteiger partial charge in [-0.05, 0) is 19.3 Å². The van der Waals surface area contributed by atoms with E-state index in [4.69, 9.17) is 11.0 Å². The van der Waals surface area contributed by atoms with Crippen LogP contribution in [0.4, 0.5) is 0 Å². The Morgan fingerprint density at radius 3 is 2.19 bits per heavy atom. The predicted molar refractivity (Wildman–Crippen MR) is 64.9 cm³/mol. The highest BCUT2D eigenvalue weighted by Gasteiger charge is 2.01. The molecule has 1 unspecified atom stereocenters. The van der Waals surface area contributed by atoms with Crippen LogP contribution in [-0.2, 0) is 9.93 Å². The lowest BCUT2D eigenvalue weighted by molar-refractivity contribution is -0.490. The molecule has 0 aliphatic heterocycles. The molecule has 0 aromatic carbocycles. The lowest BCUT2D eigenvalue weighted by Crippen LogP contribution is -2.19. The van der Waals surface area contributed by atoms with Gasteiger partial charge >= 0.3 is 0 Å². The normalized spacial score (nSPS) is 12.9. The molecule has 0 aliphatic carbocycles. The van der Waals surface area contributed by atoms with Crippen molar-refractivity contribution in [2.45, 2.75) is 70.8 Å². The maximum atomic E-state index is 7.91. The second kappa shape index (κ2) is 12.9. The number of hydrogen-bond donors (Lipinski definition) is 2. The molecule has 0 saturated carbocycles. The van der Waals surface area contributed by atoms with E-state index in [1.807, 2.05) is 0 Å².